The van der Waals surface area contributed by atoms with E-state index in [0.29, 0.717) is 17.9 Å². The van der Waals surface area contributed by atoms with Crippen molar-refractivity contribution < 1.29 is 24.3 Å². The van der Waals surface area contributed by atoms with Crippen LogP contribution in [0.4, 0.5) is 0 Å². The van der Waals surface area contributed by atoms with Gasteiger partial charge >= 0.3 is 5.97 Å². The molecule has 33 heavy (non-hydrogen) atoms. The third-order valence-electron chi connectivity index (χ3n) is 5.21. The Kier molecular flexibility index (Phi) is 12.9. The van der Waals surface area contributed by atoms with Gasteiger partial charge in [0.15, 0.2) is 0 Å². The van der Waals surface area contributed by atoms with E-state index >= 15 is 0 Å². The number of aliphatic carboxylic acids is 1. The van der Waals surface area contributed by atoms with Crippen LogP contribution in [-0.2, 0) is 25.6 Å². The molecule has 1 rings (SSSR count). The molecule has 11 nitrogen and oxygen atoms in total. The van der Waals surface area contributed by atoms with Crippen molar-refractivity contribution >= 4 is 48.1 Å². The van der Waals surface area contributed by atoms with Crippen molar-refractivity contribution in [3.63, 3.8) is 0 Å². The standard InChI is InChI=1S/C20H34N6O5S2/c1-4-11(2)16(21)19(29)26-15(9-32)18(28)24-13(5-6-33-3)17(27)25-14(20(30)31)7-12-8-22-10-23-12/h8,10-11,13-16,32H,4-7,9,21H2,1-3H3,(H,22,23)(H,24,28)(H,25,27)(H,26,29)(H,30,31). The second-order valence-electron chi connectivity index (χ2n) is 7.68. The highest BCUT2D eigenvalue weighted by molar-refractivity contribution is 7.98. The molecule has 0 aromatic carbocycles. The SMILES string of the molecule is CCC(C)C(N)C(=O)NC(CS)C(=O)NC(CCSC)C(=O)NC(Cc1cnc[nH]1)C(=O)O. The number of amides is 3. The number of hydrogen-bond acceptors (Lipinski definition) is 8. The van der Waals surface area contributed by atoms with E-state index in [0.717, 1.165) is 0 Å². The maximum Gasteiger partial charge on any atom is 0.326 e. The van der Waals surface area contributed by atoms with E-state index in [1.54, 1.807) is 0 Å². The fourth-order valence-corrected chi connectivity index (χ4v) is 3.57. The molecule has 0 saturated heterocycles. The van der Waals surface area contributed by atoms with E-state index in [1.165, 1.54) is 24.3 Å². The van der Waals surface area contributed by atoms with Gasteiger partial charge in [-0.1, -0.05) is 20.3 Å². The van der Waals surface area contributed by atoms with E-state index in [1.807, 2.05) is 20.1 Å². The summed E-state index contributed by atoms with van der Waals surface area (Å²) in [6.07, 6.45) is 5.71. The number of carboxylic acid groups (broad SMARTS) is 1. The normalized spacial score (nSPS) is 15.5. The zero-order valence-corrected chi connectivity index (χ0v) is 20.7. The minimum atomic E-state index is -1.22. The molecule has 186 valence electrons. The number of nitrogens with zero attached hydrogens (tertiary/aromatic N) is 1. The van der Waals surface area contributed by atoms with Crippen molar-refractivity contribution in [3.05, 3.63) is 18.2 Å². The molecule has 5 atom stereocenters. The van der Waals surface area contributed by atoms with Gasteiger partial charge in [0, 0.05) is 24.1 Å². The summed E-state index contributed by atoms with van der Waals surface area (Å²) in [5, 5.41) is 17.2. The van der Waals surface area contributed by atoms with Crippen LogP contribution >= 0.6 is 24.4 Å². The maximum absolute atomic E-state index is 12.8. The van der Waals surface area contributed by atoms with Crippen molar-refractivity contribution in [2.75, 3.05) is 17.8 Å². The van der Waals surface area contributed by atoms with Crippen LogP contribution in [-0.4, -0.2) is 80.7 Å². The Balaban J connectivity index is 2.85. The number of hydrogen-bond donors (Lipinski definition) is 7. The lowest BCUT2D eigenvalue weighted by atomic mass is 9.99. The molecule has 1 heterocycles. The van der Waals surface area contributed by atoms with Crippen molar-refractivity contribution in [1.29, 1.82) is 0 Å². The van der Waals surface area contributed by atoms with Crippen LogP contribution in [0.2, 0.25) is 0 Å². The minimum Gasteiger partial charge on any atom is -0.480 e. The van der Waals surface area contributed by atoms with E-state index in [4.69, 9.17) is 5.73 Å². The number of thiol groups is 1. The van der Waals surface area contributed by atoms with Crippen LogP contribution in [0.5, 0.6) is 0 Å². The number of carboxylic acids is 1. The van der Waals surface area contributed by atoms with E-state index in [-0.39, 0.29) is 24.5 Å². The van der Waals surface area contributed by atoms with Crippen LogP contribution in [0.15, 0.2) is 12.5 Å². The molecule has 0 aliphatic rings. The van der Waals surface area contributed by atoms with E-state index in [2.05, 4.69) is 38.5 Å². The fraction of sp³-hybridized carbons (Fsp3) is 0.650. The third-order valence-corrected chi connectivity index (χ3v) is 6.22. The summed E-state index contributed by atoms with van der Waals surface area (Å²) in [7, 11) is 0. The Morgan fingerprint density at radius 2 is 1.76 bits per heavy atom. The number of thioether (sulfide) groups is 1. The van der Waals surface area contributed by atoms with Gasteiger partial charge < -0.3 is 31.8 Å². The molecule has 7 N–H and O–H groups in total. The van der Waals surface area contributed by atoms with Crippen molar-refractivity contribution in [1.82, 2.24) is 25.9 Å². The van der Waals surface area contributed by atoms with Gasteiger partial charge in [0.05, 0.1) is 12.4 Å². The number of carbonyl (C=O) groups is 4. The first-order chi connectivity index (χ1) is 15.6. The summed E-state index contributed by atoms with van der Waals surface area (Å²) >= 11 is 5.62. The Hall–Kier alpha value is -2.25. The first kappa shape index (κ1) is 28.8. The first-order valence-corrected chi connectivity index (χ1v) is 12.6. The molecule has 0 aliphatic carbocycles. The first-order valence-electron chi connectivity index (χ1n) is 10.6. The van der Waals surface area contributed by atoms with E-state index < -0.39 is 47.9 Å². The summed E-state index contributed by atoms with van der Waals surface area (Å²) in [5.74, 6) is -2.45. The predicted molar refractivity (Wildman–Crippen MR) is 130 cm³/mol. The highest BCUT2D eigenvalue weighted by atomic mass is 32.2. The predicted octanol–water partition coefficient (Wildman–Crippen LogP) is -0.452. The molecule has 0 spiro atoms. The molecule has 0 aliphatic heterocycles. The van der Waals surface area contributed by atoms with Crippen LogP contribution in [0.3, 0.4) is 0 Å². The average Bonchev–Trinajstić information content (AvgIpc) is 3.31. The Morgan fingerprint density at radius 3 is 2.27 bits per heavy atom. The number of carbonyl (C=O) groups excluding carboxylic acids is 3. The van der Waals surface area contributed by atoms with Crippen LogP contribution in [0.25, 0.3) is 0 Å². The number of aromatic nitrogens is 2. The molecular formula is C20H34N6O5S2. The summed E-state index contributed by atoms with van der Waals surface area (Å²) in [6.45, 7) is 3.75. The largest absolute Gasteiger partial charge is 0.480 e. The number of nitrogens with two attached hydrogens (primary N) is 1. The van der Waals surface area contributed by atoms with Crippen LogP contribution in [0.1, 0.15) is 32.4 Å². The van der Waals surface area contributed by atoms with Gasteiger partial charge in [-0.2, -0.15) is 24.4 Å². The zero-order chi connectivity index (χ0) is 25.0. The fourth-order valence-electron chi connectivity index (χ4n) is 2.84. The van der Waals surface area contributed by atoms with Gasteiger partial charge in [0.25, 0.3) is 0 Å². The van der Waals surface area contributed by atoms with Crippen molar-refractivity contribution in [2.45, 2.75) is 57.3 Å². The van der Waals surface area contributed by atoms with E-state index in [9.17, 15) is 24.3 Å². The van der Waals surface area contributed by atoms with Crippen molar-refractivity contribution in [3.8, 4) is 0 Å². The topological polar surface area (TPSA) is 179 Å². The smallest absolute Gasteiger partial charge is 0.326 e. The summed E-state index contributed by atoms with van der Waals surface area (Å²) < 4.78 is 0. The highest BCUT2D eigenvalue weighted by Crippen LogP contribution is 2.07. The molecule has 1 aromatic heterocycles. The second kappa shape index (κ2) is 14.8. The number of aromatic amines is 1. The van der Waals surface area contributed by atoms with Gasteiger partial charge in [0.2, 0.25) is 17.7 Å². The molecule has 0 saturated carbocycles. The number of imidazole rings is 1. The summed E-state index contributed by atoms with van der Waals surface area (Å²) in [4.78, 5) is 56.3. The van der Waals surface area contributed by atoms with Gasteiger partial charge in [0.1, 0.15) is 18.1 Å². The highest BCUT2D eigenvalue weighted by Gasteiger charge is 2.30. The lowest BCUT2D eigenvalue weighted by Crippen LogP contribution is -2.58. The number of rotatable bonds is 15. The van der Waals surface area contributed by atoms with Crippen LogP contribution in [0, 0.1) is 5.92 Å². The second-order valence-corrected chi connectivity index (χ2v) is 9.03. The Labute approximate surface area is 203 Å². The quantitative estimate of drug-likeness (QED) is 0.158. The van der Waals surface area contributed by atoms with Crippen LogP contribution < -0.4 is 21.7 Å². The molecule has 0 bridgehead atoms. The summed E-state index contributed by atoms with van der Waals surface area (Å²) in [6, 6.07) is -3.98. The monoisotopic (exact) mass is 502 g/mol. The van der Waals surface area contributed by atoms with Gasteiger partial charge in [-0.25, -0.2) is 9.78 Å². The molecule has 0 fully saturated rings. The molecular weight excluding hydrogens is 468 g/mol. The summed E-state index contributed by atoms with van der Waals surface area (Å²) in [5.41, 5.74) is 6.47. The molecule has 13 heteroatoms. The Morgan fingerprint density at radius 1 is 1.15 bits per heavy atom. The zero-order valence-electron chi connectivity index (χ0n) is 19.0. The van der Waals surface area contributed by atoms with Gasteiger partial charge in [-0.3, -0.25) is 14.4 Å². The molecule has 0 radical (unpaired) electrons. The Bertz CT molecular complexity index is 779. The molecule has 1 aromatic rings. The lowest BCUT2D eigenvalue weighted by Gasteiger charge is -2.25. The lowest BCUT2D eigenvalue weighted by molar-refractivity contribution is -0.142. The minimum absolute atomic E-state index is 0.000753. The third kappa shape index (κ3) is 9.64. The number of H-pyrrole nitrogens is 1. The molecule has 5 unspecified atom stereocenters. The number of nitrogens with one attached hydrogen (secondary N) is 4. The van der Waals surface area contributed by atoms with Crippen molar-refractivity contribution in [2.24, 2.45) is 11.7 Å². The maximum atomic E-state index is 12.8. The average molecular weight is 503 g/mol. The van der Waals surface area contributed by atoms with Gasteiger partial charge in [-0.05, 0) is 24.3 Å². The van der Waals surface area contributed by atoms with Gasteiger partial charge in [-0.15, -0.1) is 0 Å². The molecule has 3 amide bonds.